The van der Waals surface area contributed by atoms with Gasteiger partial charge in [-0.25, -0.2) is 0 Å². The lowest BCUT2D eigenvalue weighted by Crippen LogP contribution is -2.40. The second kappa shape index (κ2) is 3.40. The van der Waals surface area contributed by atoms with Gasteiger partial charge in [0.25, 0.3) is 0 Å². The maximum Gasteiger partial charge on any atom is 0.244 e. The molecular formula is C9H12BrN3O. The lowest BCUT2D eigenvalue weighted by Gasteiger charge is -2.17. The fourth-order valence-corrected chi connectivity index (χ4v) is 2.14. The molecule has 2 rings (SSSR count). The fraction of sp³-hybridized carbons (Fsp3) is 0.444. The number of fused-ring (bicyclic) bond motifs is 1. The summed E-state index contributed by atoms with van der Waals surface area (Å²) in [5.74, 6) is 0.879. The number of nitrogens with zero attached hydrogens (tertiary/aromatic N) is 2. The number of anilines is 1. The minimum atomic E-state index is -0.376. The maximum atomic E-state index is 11.7. The van der Waals surface area contributed by atoms with Crippen LogP contribution in [0.2, 0.25) is 0 Å². The van der Waals surface area contributed by atoms with E-state index < -0.39 is 0 Å². The molecule has 0 aliphatic carbocycles. The van der Waals surface area contributed by atoms with E-state index in [0.717, 1.165) is 16.8 Å². The van der Waals surface area contributed by atoms with Gasteiger partial charge in [-0.15, -0.1) is 0 Å². The molecule has 0 aromatic carbocycles. The topological polar surface area (TPSA) is 51.3 Å². The summed E-state index contributed by atoms with van der Waals surface area (Å²) >= 11 is 3.39. The molecule has 1 aliphatic heterocycles. The highest BCUT2D eigenvalue weighted by atomic mass is 79.9. The average Bonchev–Trinajstić information content (AvgIpc) is 2.49. The summed E-state index contributed by atoms with van der Waals surface area (Å²) < 4.78 is 3.03. The van der Waals surface area contributed by atoms with E-state index in [2.05, 4.69) is 15.9 Å². The number of aryl methyl sites for hydroxylation is 1. The van der Waals surface area contributed by atoms with E-state index in [1.165, 1.54) is 0 Å². The van der Waals surface area contributed by atoms with Crippen LogP contribution in [0.5, 0.6) is 0 Å². The first kappa shape index (κ1) is 9.73. The van der Waals surface area contributed by atoms with E-state index in [0.29, 0.717) is 6.42 Å². The molecule has 2 N–H and O–H groups in total. The molecule has 1 unspecified atom stereocenters. The summed E-state index contributed by atoms with van der Waals surface area (Å²) in [5.41, 5.74) is 5.73. The van der Waals surface area contributed by atoms with Crippen LogP contribution in [0.15, 0.2) is 16.7 Å². The number of carbonyl (C=O) groups is 1. The van der Waals surface area contributed by atoms with E-state index in [-0.39, 0.29) is 11.9 Å². The molecule has 0 radical (unpaired) electrons. The number of aromatic nitrogens is 1. The Morgan fingerprint density at radius 2 is 2.36 bits per heavy atom. The fourth-order valence-electron chi connectivity index (χ4n) is 1.69. The van der Waals surface area contributed by atoms with Crippen molar-refractivity contribution in [3.8, 4) is 0 Å². The molecule has 0 saturated carbocycles. The van der Waals surface area contributed by atoms with Gasteiger partial charge in [0.15, 0.2) is 0 Å². The van der Waals surface area contributed by atoms with Gasteiger partial charge in [-0.2, -0.15) is 0 Å². The summed E-state index contributed by atoms with van der Waals surface area (Å²) in [6.45, 7) is 0.790. The number of amides is 1. The minimum Gasteiger partial charge on any atom is -0.333 e. The summed E-state index contributed by atoms with van der Waals surface area (Å²) in [7, 11) is 1.76. The van der Waals surface area contributed by atoms with E-state index in [1.54, 1.807) is 11.9 Å². The Labute approximate surface area is 90.8 Å². The van der Waals surface area contributed by atoms with Crippen LogP contribution in [0.1, 0.15) is 6.42 Å². The highest BCUT2D eigenvalue weighted by molar-refractivity contribution is 9.10. The molecule has 0 fully saturated rings. The SMILES string of the molecule is CN1C(=O)C(N)CCn2cc(Br)cc21. The van der Waals surface area contributed by atoms with E-state index in [4.69, 9.17) is 5.73 Å². The van der Waals surface area contributed by atoms with Gasteiger partial charge in [0.2, 0.25) is 5.91 Å². The van der Waals surface area contributed by atoms with Crippen LogP contribution in [0.25, 0.3) is 0 Å². The second-order valence-electron chi connectivity index (χ2n) is 3.50. The van der Waals surface area contributed by atoms with Crippen LogP contribution < -0.4 is 10.6 Å². The van der Waals surface area contributed by atoms with Crippen molar-refractivity contribution in [3.05, 3.63) is 16.7 Å². The molecule has 0 saturated heterocycles. The zero-order valence-electron chi connectivity index (χ0n) is 7.90. The third-order valence-corrected chi connectivity index (χ3v) is 2.95. The Hall–Kier alpha value is -0.810. The smallest absolute Gasteiger partial charge is 0.244 e. The average molecular weight is 258 g/mol. The van der Waals surface area contributed by atoms with Gasteiger partial charge in [0, 0.05) is 24.3 Å². The molecule has 1 aromatic rings. The van der Waals surface area contributed by atoms with Crippen molar-refractivity contribution in [1.29, 1.82) is 0 Å². The Bertz CT molecular complexity index is 374. The van der Waals surface area contributed by atoms with Crippen LogP contribution in [-0.2, 0) is 11.3 Å². The molecular weight excluding hydrogens is 246 g/mol. The monoisotopic (exact) mass is 257 g/mol. The first-order valence-corrected chi connectivity index (χ1v) is 5.27. The molecule has 2 heterocycles. The number of carbonyl (C=O) groups excluding carboxylic acids is 1. The van der Waals surface area contributed by atoms with Crippen molar-refractivity contribution in [2.24, 2.45) is 5.73 Å². The number of rotatable bonds is 0. The van der Waals surface area contributed by atoms with Crippen molar-refractivity contribution in [2.75, 3.05) is 11.9 Å². The minimum absolute atomic E-state index is 0.0191. The number of likely N-dealkylation sites (N-methyl/N-ethyl adjacent to an activating group) is 1. The molecule has 1 aromatic heterocycles. The first-order chi connectivity index (χ1) is 6.59. The van der Waals surface area contributed by atoms with Gasteiger partial charge in [-0.1, -0.05) is 0 Å². The summed E-state index contributed by atoms with van der Waals surface area (Å²) in [6, 6.07) is 1.55. The van der Waals surface area contributed by atoms with Crippen LogP contribution in [0.3, 0.4) is 0 Å². The number of nitrogens with two attached hydrogens (primary N) is 1. The number of halogens is 1. The Kier molecular flexibility index (Phi) is 2.36. The van der Waals surface area contributed by atoms with Gasteiger partial charge >= 0.3 is 0 Å². The molecule has 1 aliphatic rings. The van der Waals surface area contributed by atoms with Crippen LogP contribution in [-0.4, -0.2) is 23.6 Å². The van der Waals surface area contributed by atoms with Crippen LogP contribution >= 0.6 is 15.9 Å². The van der Waals surface area contributed by atoms with Gasteiger partial charge < -0.3 is 10.3 Å². The predicted molar refractivity (Wildman–Crippen MR) is 58.1 cm³/mol. The third kappa shape index (κ3) is 1.46. The highest BCUT2D eigenvalue weighted by Crippen LogP contribution is 2.25. The Morgan fingerprint density at radius 3 is 3.07 bits per heavy atom. The second-order valence-corrected chi connectivity index (χ2v) is 4.42. The molecule has 76 valence electrons. The summed E-state index contributed by atoms with van der Waals surface area (Å²) in [5, 5.41) is 0. The number of hydrogen-bond donors (Lipinski definition) is 1. The van der Waals surface area contributed by atoms with E-state index in [1.807, 2.05) is 16.8 Å². The molecule has 5 heteroatoms. The Balaban J connectivity index is 2.43. The maximum absolute atomic E-state index is 11.7. The van der Waals surface area contributed by atoms with Gasteiger partial charge in [-0.3, -0.25) is 9.69 Å². The molecule has 1 amide bonds. The quantitative estimate of drug-likeness (QED) is 0.753. The zero-order chi connectivity index (χ0) is 10.3. The third-order valence-electron chi connectivity index (χ3n) is 2.51. The van der Waals surface area contributed by atoms with Crippen molar-refractivity contribution >= 4 is 27.7 Å². The zero-order valence-corrected chi connectivity index (χ0v) is 9.49. The molecule has 1 atom stereocenters. The molecule has 4 nitrogen and oxygen atoms in total. The normalized spacial score (nSPS) is 22.1. The summed E-state index contributed by atoms with van der Waals surface area (Å²) in [6.07, 6.45) is 2.66. The largest absolute Gasteiger partial charge is 0.333 e. The van der Waals surface area contributed by atoms with Crippen molar-refractivity contribution < 1.29 is 4.79 Å². The standard InChI is InChI=1S/C9H12BrN3O/c1-12-8-4-6(10)5-13(8)3-2-7(11)9(12)14/h4-5,7H,2-3,11H2,1H3. The van der Waals surface area contributed by atoms with E-state index in [9.17, 15) is 4.79 Å². The van der Waals surface area contributed by atoms with Gasteiger partial charge in [0.05, 0.1) is 6.04 Å². The van der Waals surface area contributed by atoms with Crippen molar-refractivity contribution in [1.82, 2.24) is 4.57 Å². The Morgan fingerprint density at radius 1 is 1.64 bits per heavy atom. The van der Waals surface area contributed by atoms with Crippen molar-refractivity contribution in [2.45, 2.75) is 19.0 Å². The molecule has 0 spiro atoms. The summed E-state index contributed by atoms with van der Waals surface area (Å²) in [4.78, 5) is 13.3. The lowest BCUT2D eigenvalue weighted by atomic mass is 10.2. The molecule has 14 heavy (non-hydrogen) atoms. The predicted octanol–water partition coefficient (Wildman–Crippen LogP) is 0.944. The van der Waals surface area contributed by atoms with Crippen LogP contribution in [0.4, 0.5) is 5.82 Å². The molecule has 0 bridgehead atoms. The van der Waals surface area contributed by atoms with Gasteiger partial charge in [0.1, 0.15) is 5.82 Å². The number of hydrogen-bond acceptors (Lipinski definition) is 2. The first-order valence-electron chi connectivity index (χ1n) is 4.48. The van der Waals surface area contributed by atoms with Gasteiger partial charge in [-0.05, 0) is 28.4 Å². The van der Waals surface area contributed by atoms with Crippen molar-refractivity contribution in [3.63, 3.8) is 0 Å². The van der Waals surface area contributed by atoms with Crippen LogP contribution in [0, 0.1) is 0 Å². The van der Waals surface area contributed by atoms with E-state index >= 15 is 0 Å². The lowest BCUT2D eigenvalue weighted by molar-refractivity contribution is -0.119. The highest BCUT2D eigenvalue weighted by Gasteiger charge is 2.25.